The first-order valence-corrected chi connectivity index (χ1v) is 11.7. The van der Waals surface area contributed by atoms with E-state index in [1.807, 2.05) is 18.2 Å². The van der Waals surface area contributed by atoms with Crippen LogP contribution in [0.1, 0.15) is 32.2 Å². The maximum Gasteiger partial charge on any atom is 0.291 e. The van der Waals surface area contributed by atoms with Gasteiger partial charge in [-0.2, -0.15) is 0 Å². The molecule has 0 radical (unpaired) electrons. The topological polar surface area (TPSA) is 108 Å². The molecule has 38 heavy (non-hydrogen) atoms. The van der Waals surface area contributed by atoms with Crippen molar-refractivity contribution in [2.24, 2.45) is 0 Å². The van der Waals surface area contributed by atoms with Crippen LogP contribution in [0, 0.1) is 0 Å². The van der Waals surface area contributed by atoms with Gasteiger partial charge < -0.3 is 34.0 Å². The Kier molecular flexibility index (Phi) is 8.17. The quantitative estimate of drug-likeness (QED) is 0.290. The summed E-state index contributed by atoms with van der Waals surface area (Å²) in [5.41, 5.74) is 2.08. The number of furan rings is 1. The van der Waals surface area contributed by atoms with Gasteiger partial charge in [0.25, 0.3) is 11.8 Å². The van der Waals surface area contributed by atoms with Crippen molar-refractivity contribution in [3.63, 3.8) is 0 Å². The van der Waals surface area contributed by atoms with E-state index in [0.717, 1.165) is 5.56 Å². The van der Waals surface area contributed by atoms with E-state index in [9.17, 15) is 9.59 Å². The van der Waals surface area contributed by atoms with Gasteiger partial charge in [0.1, 0.15) is 28.8 Å². The minimum atomic E-state index is -0.496. The standard InChI is InChI=1S/C29H28N2O7/c1-34-21-16-26(36-3)22(27(17-21)37-4)15-20-11-13-25(38-20)29(33)31-23-14-18(10-12-24(23)35-2)28(32)30-19-8-6-5-7-9-19/h5-14,16-17H,15H2,1-4H3,(H,30,32)(H,31,33). The Hall–Kier alpha value is -4.92. The number of hydrogen-bond donors (Lipinski definition) is 2. The van der Waals surface area contributed by atoms with Gasteiger partial charge in [0.15, 0.2) is 5.76 Å². The van der Waals surface area contributed by atoms with Crippen LogP contribution < -0.4 is 29.6 Å². The van der Waals surface area contributed by atoms with Crippen LogP contribution in [0.15, 0.2) is 77.2 Å². The highest BCUT2D eigenvalue weighted by Crippen LogP contribution is 2.36. The Morgan fingerprint density at radius 1 is 0.711 bits per heavy atom. The van der Waals surface area contributed by atoms with Crippen LogP contribution in [-0.2, 0) is 6.42 Å². The first-order valence-electron chi connectivity index (χ1n) is 11.7. The minimum absolute atomic E-state index is 0.0904. The van der Waals surface area contributed by atoms with Crippen LogP contribution in [0.5, 0.6) is 23.0 Å². The SMILES string of the molecule is COc1cc(OC)c(Cc2ccc(C(=O)Nc3cc(C(=O)Nc4ccccc4)ccc3OC)o2)c(OC)c1. The molecule has 0 aliphatic rings. The molecule has 196 valence electrons. The molecule has 9 heteroatoms. The second kappa shape index (κ2) is 11.9. The van der Waals surface area contributed by atoms with Gasteiger partial charge in [0.2, 0.25) is 0 Å². The number of rotatable bonds is 10. The van der Waals surface area contributed by atoms with Gasteiger partial charge in [0, 0.05) is 35.4 Å². The largest absolute Gasteiger partial charge is 0.496 e. The highest BCUT2D eigenvalue weighted by molar-refractivity contribution is 6.07. The molecular weight excluding hydrogens is 488 g/mol. The summed E-state index contributed by atoms with van der Waals surface area (Å²) in [6.07, 6.45) is 0.322. The lowest BCUT2D eigenvalue weighted by molar-refractivity contribution is 0.0991. The number of carbonyl (C=O) groups is 2. The first-order chi connectivity index (χ1) is 18.4. The van der Waals surface area contributed by atoms with Gasteiger partial charge in [-0.3, -0.25) is 9.59 Å². The van der Waals surface area contributed by atoms with E-state index < -0.39 is 5.91 Å². The maximum absolute atomic E-state index is 13.0. The Morgan fingerprint density at radius 3 is 2.03 bits per heavy atom. The lowest BCUT2D eigenvalue weighted by Crippen LogP contribution is -2.15. The molecule has 4 rings (SSSR count). The maximum atomic E-state index is 13.0. The molecule has 0 unspecified atom stereocenters. The fraction of sp³-hybridized carbons (Fsp3) is 0.172. The number of ether oxygens (including phenoxy) is 4. The van der Waals surface area contributed by atoms with Crippen LogP contribution in [0.4, 0.5) is 11.4 Å². The molecule has 0 saturated heterocycles. The summed E-state index contributed by atoms with van der Waals surface area (Å²) in [5.74, 6) is 1.93. The molecule has 0 aliphatic carbocycles. The number of methoxy groups -OCH3 is 4. The number of nitrogens with one attached hydrogen (secondary N) is 2. The molecular formula is C29H28N2O7. The van der Waals surface area contributed by atoms with Crippen LogP contribution in [-0.4, -0.2) is 40.3 Å². The molecule has 2 amide bonds. The fourth-order valence-corrected chi connectivity index (χ4v) is 3.88. The molecule has 0 spiro atoms. The predicted molar refractivity (Wildman–Crippen MR) is 143 cm³/mol. The number of anilines is 2. The number of hydrogen-bond acceptors (Lipinski definition) is 7. The zero-order chi connectivity index (χ0) is 27.1. The fourth-order valence-electron chi connectivity index (χ4n) is 3.88. The monoisotopic (exact) mass is 516 g/mol. The van der Waals surface area contributed by atoms with Crippen molar-refractivity contribution in [1.29, 1.82) is 0 Å². The van der Waals surface area contributed by atoms with E-state index in [1.165, 1.54) is 7.11 Å². The number of amides is 2. The second-order valence-corrected chi connectivity index (χ2v) is 8.14. The van der Waals surface area contributed by atoms with E-state index in [-0.39, 0.29) is 11.7 Å². The van der Waals surface area contributed by atoms with Crippen molar-refractivity contribution < 1.29 is 33.0 Å². The zero-order valence-corrected chi connectivity index (χ0v) is 21.5. The Bertz CT molecular complexity index is 1410. The van der Waals surface area contributed by atoms with Gasteiger partial charge in [-0.15, -0.1) is 0 Å². The number of benzene rings is 3. The summed E-state index contributed by atoms with van der Waals surface area (Å²) >= 11 is 0. The van der Waals surface area contributed by atoms with E-state index in [0.29, 0.717) is 52.1 Å². The Morgan fingerprint density at radius 2 is 1.39 bits per heavy atom. The highest BCUT2D eigenvalue weighted by Gasteiger charge is 2.19. The molecule has 2 N–H and O–H groups in total. The van der Waals surface area contributed by atoms with Crippen molar-refractivity contribution in [2.45, 2.75) is 6.42 Å². The molecule has 9 nitrogen and oxygen atoms in total. The van der Waals surface area contributed by atoms with E-state index in [4.69, 9.17) is 23.4 Å². The molecule has 4 aromatic rings. The lowest BCUT2D eigenvalue weighted by atomic mass is 10.1. The summed E-state index contributed by atoms with van der Waals surface area (Å²) < 4.78 is 27.5. The third kappa shape index (κ3) is 5.89. The van der Waals surface area contributed by atoms with Gasteiger partial charge >= 0.3 is 0 Å². The number of carbonyl (C=O) groups excluding carboxylic acids is 2. The number of para-hydroxylation sites is 1. The van der Waals surface area contributed by atoms with Crippen LogP contribution in [0.2, 0.25) is 0 Å². The van der Waals surface area contributed by atoms with Crippen LogP contribution in [0.3, 0.4) is 0 Å². The summed E-state index contributed by atoms with van der Waals surface area (Å²) in [7, 11) is 6.15. The average molecular weight is 517 g/mol. The molecule has 0 saturated carbocycles. The van der Waals surface area contributed by atoms with Crippen molar-refractivity contribution in [3.8, 4) is 23.0 Å². The first kappa shape index (κ1) is 26.2. The van der Waals surface area contributed by atoms with Crippen LogP contribution >= 0.6 is 0 Å². The average Bonchev–Trinajstić information content (AvgIpc) is 3.42. The lowest BCUT2D eigenvalue weighted by Gasteiger charge is -2.14. The second-order valence-electron chi connectivity index (χ2n) is 8.14. The molecule has 0 atom stereocenters. The zero-order valence-electron chi connectivity index (χ0n) is 21.5. The van der Waals surface area contributed by atoms with Gasteiger partial charge in [0.05, 0.1) is 34.1 Å². The summed E-state index contributed by atoms with van der Waals surface area (Å²) in [4.78, 5) is 25.8. The minimum Gasteiger partial charge on any atom is -0.496 e. The van der Waals surface area contributed by atoms with E-state index >= 15 is 0 Å². The van der Waals surface area contributed by atoms with Gasteiger partial charge in [-0.25, -0.2) is 0 Å². The summed E-state index contributed by atoms with van der Waals surface area (Å²) in [5, 5.41) is 5.59. The van der Waals surface area contributed by atoms with Crippen molar-refractivity contribution in [2.75, 3.05) is 39.1 Å². The van der Waals surface area contributed by atoms with Crippen molar-refractivity contribution >= 4 is 23.2 Å². The molecule has 0 fully saturated rings. The Labute approximate surface area is 220 Å². The molecule has 1 heterocycles. The van der Waals surface area contributed by atoms with Gasteiger partial charge in [-0.1, -0.05) is 18.2 Å². The van der Waals surface area contributed by atoms with Crippen LogP contribution in [0.25, 0.3) is 0 Å². The smallest absolute Gasteiger partial charge is 0.291 e. The molecule has 0 bridgehead atoms. The summed E-state index contributed by atoms with van der Waals surface area (Å²) in [6, 6.07) is 20.7. The van der Waals surface area contributed by atoms with E-state index in [2.05, 4.69) is 10.6 Å². The van der Waals surface area contributed by atoms with E-state index in [1.54, 1.807) is 75.9 Å². The summed E-state index contributed by atoms with van der Waals surface area (Å²) in [6.45, 7) is 0. The highest BCUT2D eigenvalue weighted by atomic mass is 16.5. The Balaban J connectivity index is 1.52. The van der Waals surface area contributed by atoms with Gasteiger partial charge in [-0.05, 0) is 42.5 Å². The van der Waals surface area contributed by atoms with Crippen molar-refractivity contribution in [1.82, 2.24) is 0 Å². The third-order valence-electron chi connectivity index (χ3n) is 5.80. The molecule has 1 aromatic heterocycles. The third-order valence-corrected chi connectivity index (χ3v) is 5.80. The predicted octanol–water partition coefficient (Wildman–Crippen LogP) is 5.41. The molecule has 3 aromatic carbocycles. The van der Waals surface area contributed by atoms with Crippen molar-refractivity contribution in [3.05, 3.63) is 95.4 Å². The normalized spacial score (nSPS) is 10.4. The molecule has 0 aliphatic heterocycles.